The Labute approximate surface area is 164 Å². The quantitative estimate of drug-likeness (QED) is 0.796. The van der Waals surface area contributed by atoms with Crippen LogP contribution in [0, 0.1) is 5.92 Å². The maximum absolute atomic E-state index is 6.79. The Bertz CT molecular complexity index is 787. The number of rotatable bonds is 3. The molecule has 0 radical (unpaired) electrons. The predicted molar refractivity (Wildman–Crippen MR) is 104 cm³/mol. The van der Waals surface area contributed by atoms with E-state index < -0.39 is 0 Å². The molecule has 4 heterocycles. The summed E-state index contributed by atoms with van der Waals surface area (Å²) >= 11 is 1.74. The molecule has 0 aliphatic carbocycles. The molecule has 1 aromatic carbocycles. The summed E-state index contributed by atoms with van der Waals surface area (Å²) < 4.78 is 18.7. The molecule has 2 fully saturated rings. The third-order valence-electron chi connectivity index (χ3n) is 6.40. The lowest BCUT2D eigenvalue weighted by atomic mass is 9.70. The van der Waals surface area contributed by atoms with E-state index in [2.05, 4.69) is 16.0 Å². The highest BCUT2D eigenvalue weighted by Gasteiger charge is 2.53. The van der Waals surface area contributed by atoms with Gasteiger partial charge in [-0.3, -0.25) is 9.88 Å². The van der Waals surface area contributed by atoms with Crippen molar-refractivity contribution >= 4 is 11.3 Å². The van der Waals surface area contributed by atoms with Gasteiger partial charge >= 0.3 is 0 Å². The van der Waals surface area contributed by atoms with Gasteiger partial charge < -0.3 is 14.2 Å². The standard InChI is InChI=1S/C21H26N2O3S/c1-24-18-6-2-4-16-19-17(5-3-11-25-19)21(26-20(16)18)7-9-23(10-8-21)13-15-12-22-14-27-15/h2,4,6,12,14,17,19H,3,5,7-11,13H2,1H3/t17-,19+/m0/s1. The number of likely N-dealkylation sites (tertiary alicyclic amines) is 1. The lowest BCUT2D eigenvalue weighted by Crippen LogP contribution is -2.57. The smallest absolute Gasteiger partial charge is 0.167 e. The van der Waals surface area contributed by atoms with Crippen molar-refractivity contribution in [3.63, 3.8) is 0 Å². The second-order valence-electron chi connectivity index (χ2n) is 7.83. The molecular weight excluding hydrogens is 360 g/mol. The SMILES string of the molecule is COc1cccc2c1OC1(CCN(Cc3cncs3)CC1)[C@H]1CCCO[C@H]21. The van der Waals surface area contributed by atoms with Crippen molar-refractivity contribution in [3.05, 3.63) is 40.3 Å². The number of hydrogen-bond donors (Lipinski definition) is 0. The third-order valence-corrected chi connectivity index (χ3v) is 7.17. The Morgan fingerprint density at radius 2 is 2.22 bits per heavy atom. The molecule has 1 aromatic heterocycles. The first-order valence-corrected chi connectivity index (χ1v) is 10.7. The molecule has 3 aliphatic heterocycles. The summed E-state index contributed by atoms with van der Waals surface area (Å²) in [6.45, 7) is 3.92. The van der Waals surface area contributed by atoms with Crippen molar-refractivity contribution in [1.82, 2.24) is 9.88 Å². The minimum atomic E-state index is -0.142. The topological polar surface area (TPSA) is 43.8 Å². The van der Waals surface area contributed by atoms with Crippen molar-refractivity contribution in [2.75, 3.05) is 26.8 Å². The molecule has 0 amide bonds. The maximum atomic E-state index is 6.79. The number of benzene rings is 1. The maximum Gasteiger partial charge on any atom is 0.167 e. The zero-order chi connectivity index (χ0) is 18.3. The molecule has 6 heteroatoms. The van der Waals surface area contributed by atoms with E-state index in [1.807, 2.05) is 23.8 Å². The van der Waals surface area contributed by atoms with Crippen molar-refractivity contribution in [2.45, 2.75) is 43.9 Å². The van der Waals surface area contributed by atoms with Crippen LogP contribution < -0.4 is 9.47 Å². The van der Waals surface area contributed by atoms with Gasteiger partial charge in [-0.25, -0.2) is 0 Å². The molecule has 0 N–H and O–H groups in total. The first-order valence-electron chi connectivity index (χ1n) is 9.86. The molecule has 2 saturated heterocycles. The number of para-hydroxylation sites is 1. The lowest BCUT2D eigenvalue weighted by molar-refractivity contribution is -0.150. The van der Waals surface area contributed by atoms with Crippen LogP contribution in [-0.4, -0.2) is 42.3 Å². The van der Waals surface area contributed by atoms with Gasteiger partial charge in [-0.1, -0.05) is 12.1 Å². The molecule has 27 heavy (non-hydrogen) atoms. The summed E-state index contributed by atoms with van der Waals surface area (Å²) in [4.78, 5) is 8.07. The number of nitrogens with zero attached hydrogens (tertiary/aromatic N) is 2. The van der Waals surface area contributed by atoms with Gasteiger partial charge in [-0.2, -0.15) is 0 Å². The van der Waals surface area contributed by atoms with Gasteiger partial charge in [0.25, 0.3) is 0 Å². The highest BCUT2D eigenvalue weighted by Crippen LogP contribution is 2.55. The van der Waals surface area contributed by atoms with E-state index in [-0.39, 0.29) is 11.7 Å². The third kappa shape index (κ3) is 3.04. The molecule has 144 valence electrons. The number of methoxy groups -OCH3 is 1. The minimum Gasteiger partial charge on any atom is -0.493 e. The number of thiazole rings is 1. The average Bonchev–Trinajstić information content (AvgIpc) is 3.23. The predicted octanol–water partition coefficient (Wildman–Crippen LogP) is 4.05. The Morgan fingerprint density at radius 1 is 1.33 bits per heavy atom. The molecule has 5 nitrogen and oxygen atoms in total. The normalized spacial score (nSPS) is 26.9. The average molecular weight is 387 g/mol. The zero-order valence-corrected chi connectivity index (χ0v) is 16.5. The van der Waals surface area contributed by atoms with Crippen LogP contribution in [0.15, 0.2) is 29.9 Å². The van der Waals surface area contributed by atoms with E-state index in [1.54, 1.807) is 18.4 Å². The van der Waals surface area contributed by atoms with E-state index in [0.717, 1.165) is 62.6 Å². The van der Waals surface area contributed by atoms with Gasteiger partial charge in [0, 0.05) is 61.6 Å². The molecular formula is C21H26N2O3S. The summed E-state index contributed by atoms with van der Waals surface area (Å²) in [5, 5.41) is 0. The highest BCUT2D eigenvalue weighted by atomic mass is 32.1. The van der Waals surface area contributed by atoms with Crippen LogP contribution in [0.2, 0.25) is 0 Å². The number of ether oxygens (including phenoxy) is 3. The minimum absolute atomic E-state index is 0.130. The summed E-state index contributed by atoms with van der Waals surface area (Å²) in [6, 6.07) is 6.19. The molecule has 1 spiro atoms. The van der Waals surface area contributed by atoms with Gasteiger partial charge in [-0.05, 0) is 18.9 Å². The Balaban J connectivity index is 1.42. The van der Waals surface area contributed by atoms with Crippen LogP contribution in [0.25, 0.3) is 0 Å². The molecule has 0 unspecified atom stereocenters. The monoisotopic (exact) mass is 386 g/mol. The highest BCUT2D eigenvalue weighted by molar-refractivity contribution is 7.09. The Morgan fingerprint density at radius 3 is 3.00 bits per heavy atom. The summed E-state index contributed by atoms with van der Waals surface area (Å²) in [6.07, 6.45) is 6.48. The van der Waals surface area contributed by atoms with Gasteiger partial charge in [0.1, 0.15) is 5.60 Å². The van der Waals surface area contributed by atoms with E-state index in [1.165, 1.54) is 11.3 Å². The second kappa shape index (κ2) is 7.08. The van der Waals surface area contributed by atoms with Gasteiger partial charge in [-0.15, -0.1) is 11.3 Å². The molecule has 3 aliphatic rings. The largest absolute Gasteiger partial charge is 0.493 e. The fourth-order valence-electron chi connectivity index (χ4n) is 5.04. The molecule has 0 bridgehead atoms. The number of piperidine rings is 1. The van der Waals surface area contributed by atoms with Crippen LogP contribution >= 0.6 is 11.3 Å². The van der Waals surface area contributed by atoms with E-state index >= 15 is 0 Å². The van der Waals surface area contributed by atoms with Crippen LogP contribution in [0.1, 0.15) is 42.2 Å². The van der Waals surface area contributed by atoms with Crippen molar-refractivity contribution in [2.24, 2.45) is 5.92 Å². The van der Waals surface area contributed by atoms with Gasteiger partial charge in [0.2, 0.25) is 0 Å². The number of fused-ring (bicyclic) bond motifs is 4. The Kier molecular flexibility index (Phi) is 4.58. The van der Waals surface area contributed by atoms with Crippen LogP contribution in [0.4, 0.5) is 0 Å². The van der Waals surface area contributed by atoms with Crippen LogP contribution in [0.5, 0.6) is 11.5 Å². The van der Waals surface area contributed by atoms with Crippen molar-refractivity contribution in [3.8, 4) is 11.5 Å². The second-order valence-corrected chi connectivity index (χ2v) is 8.80. The lowest BCUT2D eigenvalue weighted by Gasteiger charge is -2.53. The fraction of sp³-hybridized carbons (Fsp3) is 0.571. The van der Waals surface area contributed by atoms with Crippen LogP contribution in [0.3, 0.4) is 0 Å². The van der Waals surface area contributed by atoms with E-state index in [0.29, 0.717) is 5.92 Å². The van der Waals surface area contributed by atoms with Crippen LogP contribution in [-0.2, 0) is 11.3 Å². The molecule has 0 saturated carbocycles. The first-order chi connectivity index (χ1) is 13.3. The summed E-state index contributed by atoms with van der Waals surface area (Å²) in [7, 11) is 1.72. The zero-order valence-electron chi connectivity index (χ0n) is 15.7. The van der Waals surface area contributed by atoms with E-state index in [4.69, 9.17) is 14.2 Å². The van der Waals surface area contributed by atoms with Gasteiger partial charge in [0.15, 0.2) is 11.5 Å². The summed E-state index contributed by atoms with van der Waals surface area (Å²) in [5.74, 6) is 2.15. The van der Waals surface area contributed by atoms with E-state index in [9.17, 15) is 0 Å². The molecule has 5 rings (SSSR count). The number of hydrogen-bond acceptors (Lipinski definition) is 6. The fourth-order valence-corrected chi connectivity index (χ4v) is 5.67. The molecule has 2 atom stereocenters. The molecule has 2 aromatic rings. The first kappa shape index (κ1) is 17.5. The van der Waals surface area contributed by atoms with Crippen molar-refractivity contribution in [1.29, 1.82) is 0 Å². The van der Waals surface area contributed by atoms with Gasteiger partial charge in [0.05, 0.1) is 18.7 Å². The Hall–Kier alpha value is -1.63. The number of aromatic nitrogens is 1. The van der Waals surface area contributed by atoms with Crippen molar-refractivity contribution < 1.29 is 14.2 Å². The summed E-state index contributed by atoms with van der Waals surface area (Å²) in [5.41, 5.74) is 2.94.